The fourth-order valence-corrected chi connectivity index (χ4v) is 2.30. The number of carboxylic acid groups (broad SMARTS) is 1. The number of piperidine rings is 1. The predicted octanol–water partition coefficient (Wildman–Crippen LogP) is 0.150. The quantitative estimate of drug-likeness (QED) is 0.769. The van der Waals surface area contributed by atoms with Gasteiger partial charge in [-0.05, 0) is 12.8 Å². The van der Waals surface area contributed by atoms with Gasteiger partial charge in [-0.25, -0.2) is 4.98 Å². The second kappa shape index (κ2) is 7.72. The molecular weight excluding hydrogens is 276 g/mol. The van der Waals surface area contributed by atoms with Crippen LogP contribution in [0.15, 0.2) is 12.7 Å². The molecule has 21 heavy (non-hydrogen) atoms. The number of ether oxygens (including phenoxy) is 1. The van der Waals surface area contributed by atoms with Crippen LogP contribution < -0.4 is 0 Å². The van der Waals surface area contributed by atoms with Gasteiger partial charge in [0.15, 0.2) is 0 Å². The number of aryl methyl sites for hydroxylation is 1. The lowest BCUT2D eigenvalue weighted by Crippen LogP contribution is -2.41. The van der Waals surface area contributed by atoms with Crippen LogP contribution in [0.25, 0.3) is 0 Å². The number of aromatic nitrogens is 3. The van der Waals surface area contributed by atoms with Crippen molar-refractivity contribution in [3.63, 3.8) is 0 Å². The lowest BCUT2D eigenvalue weighted by Gasteiger charge is -2.32. The Hall–Kier alpha value is -1.96. The normalized spacial score (nSPS) is 16.1. The number of rotatable bonds is 7. The first-order valence-electron chi connectivity index (χ1n) is 7.08. The van der Waals surface area contributed by atoms with Gasteiger partial charge in [-0.1, -0.05) is 0 Å². The highest BCUT2D eigenvalue weighted by Crippen LogP contribution is 2.15. The molecule has 1 N–H and O–H groups in total. The van der Waals surface area contributed by atoms with Crippen LogP contribution in [0, 0.1) is 0 Å². The summed E-state index contributed by atoms with van der Waals surface area (Å²) >= 11 is 0. The van der Waals surface area contributed by atoms with Gasteiger partial charge in [0.05, 0.1) is 25.7 Å². The molecule has 2 rings (SSSR count). The van der Waals surface area contributed by atoms with Gasteiger partial charge >= 0.3 is 5.97 Å². The van der Waals surface area contributed by atoms with Crippen LogP contribution in [0.5, 0.6) is 0 Å². The minimum Gasteiger partial charge on any atom is -0.481 e. The third-order valence-corrected chi connectivity index (χ3v) is 3.49. The average molecular weight is 296 g/mol. The van der Waals surface area contributed by atoms with Crippen molar-refractivity contribution in [3.05, 3.63) is 12.7 Å². The van der Waals surface area contributed by atoms with Crippen LogP contribution in [0.1, 0.15) is 25.7 Å². The van der Waals surface area contributed by atoms with Crippen LogP contribution in [-0.2, 0) is 20.9 Å². The Morgan fingerprint density at radius 2 is 2.05 bits per heavy atom. The van der Waals surface area contributed by atoms with Crippen LogP contribution in [-0.4, -0.2) is 62.4 Å². The molecule has 0 unspecified atom stereocenters. The van der Waals surface area contributed by atoms with E-state index in [1.165, 1.54) is 6.33 Å². The molecule has 8 heteroatoms. The van der Waals surface area contributed by atoms with Crippen molar-refractivity contribution in [3.8, 4) is 0 Å². The number of carbonyl (C=O) groups is 2. The van der Waals surface area contributed by atoms with Crippen molar-refractivity contribution in [2.75, 3.05) is 19.7 Å². The molecule has 1 aromatic heterocycles. The number of carbonyl (C=O) groups excluding carboxylic acids is 1. The second-order valence-corrected chi connectivity index (χ2v) is 5.00. The van der Waals surface area contributed by atoms with Crippen molar-refractivity contribution in [1.82, 2.24) is 19.7 Å². The van der Waals surface area contributed by atoms with Gasteiger partial charge in [-0.2, -0.15) is 5.10 Å². The van der Waals surface area contributed by atoms with E-state index in [0.29, 0.717) is 26.1 Å². The summed E-state index contributed by atoms with van der Waals surface area (Å²) in [6.45, 7) is 2.09. The zero-order valence-corrected chi connectivity index (χ0v) is 11.8. The van der Waals surface area contributed by atoms with Gasteiger partial charge in [0, 0.05) is 19.5 Å². The topological polar surface area (TPSA) is 97.6 Å². The number of nitrogens with zero attached hydrogens (tertiary/aromatic N) is 4. The molecule has 0 spiro atoms. The molecule has 0 aliphatic carbocycles. The summed E-state index contributed by atoms with van der Waals surface area (Å²) in [6.07, 6.45) is 5.05. The van der Waals surface area contributed by atoms with E-state index in [2.05, 4.69) is 10.1 Å². The lowest BCUT2D eigenvalue weighted by molar-refractivity contribution is -0.139. The summed E-state index contributed by atoms with van der Waals surface area (Å²) in [7, 11) is 0. The Labute approximate surface area is 122 Å². The monoisotopic (exact) mass is 296 g/mol. The van der Waals surface area contributed by atoms with Gasteiger partial charge in [-0.15, -0.1) is 0 Å². The maximum atomic E-state index is 12.0. The van der Waals surface area contributed by atoms with Gasteiger partial charge in [0.1, 0.15) is 12.7 Å². The first-order valence-corrected chi connectivity index (χ1v) is 7.08. The Morgan fingerprint density at radius 3 is 2.67 bits per heavy atom. The summed E-state index contributed by atoms with van der Waals surface area (Å²) in [6, 6.07) is 0. The largest absolute Gasteiger partial charge is 0.481 e. The highest BCUT2D eigenvalue weighted by atomic mass is 16.5. The highest BCUT2D eigenvalue weighted by molar-refractivity contribution is 5.76. The van der Waals surface area contributed by atoms with Crippen molar-refractivity contribution >= 4 is 11.9 Å². The minimum atomic E-state index is -0.851. The molecule has 1 saturated heterocycles. The molecule has 0 saturated carbocycles. The maximum Gasteiger partial charge on any atom is 0.305 e. The Morgan fingerprint density at radius 1 is 1.29 bits per heavy atom. The molecule has 0 atom stereocenters. The Kier molecular flexibility index (Phi) is 5.68. The molecule has 8 nitrogen and oxygen atoms in total. The highest BCUT2D eigenvalue weighted by Gasteiger charge is 2.23. The first-order chi connectivity index (χ1) is 10.1. The molecular formula is C13H20N4O4. The third kappa shape index (κ3) is 5.14. The van der Waals surface area contributed by atoms with E-state index in [4.69, 9.17) is 9.84 Å². The number of carboxylic acids is 1. The standard InChI is InChI=1S/C13H20N4O4/c18-12(3-7-17-10-14-9-15-17)16-5-1-11(2-6-16)21-8-4-13(19)20/h9-11H,1-8H2,(H,19,20). The first kappa shape index (κ1) is 15.4. The van der Waals surface area contributed by atoms with E-state index in [-0.39, 0.29) is 25.0 Å². The minimum absolute atomic E-state index is 0.0249. The van der Waals surface area contributed by atoms with Crippen molar-refractivity contribution in [1.29, 1.82) is 0 Å². The Balaban J connectivity index is 1.63. The lowest BCUT2D eigenvalue weighted by atomic mass is 10.1. The van der Waals surface area contributed by atoms with Gasteiger partial charge < -0.3 is 14.7 Å². The van der Waals surface area contributed by atoms with Crippen molar-refractivity contribution < 1.29 is 19.4 Å². The van der Waals surface area contributed by atoms with Gasteiger partial charge in [-0.3, -0.25) is 14.3 Å². The van der Waals surface area contributed by atoms with E-state index in [1.807, 2.05) is 4.90 Å². The van der Waals surface area contributed by atoms with Crippen LogP contribution >= 0.6 is 0 Å². The smallest absolute Gasteiger partial charge is 0.305 e. The molecule has 0 aromatic carbocycles. The molecule has 1 fully saturated rings. The molecule has 116 valence electrons. The summed E-state index contributed by atoms with van der Waals surface area (Å²) < 4.78 is 7.14. The third-order valence-electron chi connectivity index (χ3n) is 3.49. The molecule has 1 amide bonds. The summed E-state index contributed by atoms with van der Waals surface area (Å²) in [5.74, 6) is -0.745. The van der Waals surface area contributed by atoms with Crippen LogP contribution in [0.4, 0.5) is 0 Å². The van der Waals surface area contributed by atoms with E-state index in [9.17, 15) is 9.59 Å². The fourth-order valence-electron chi connectivity index (χ4n) is 2.30. The number of aliphatic carboxylic acids is 1. The van der Waals surface area contributed by atoms with E-state index in [1.54, 1.807) is 11.0 Å². The summed E-state index contributed by atoms with van der Waals surface area (Å²) in [4.78, 5) is 28.1. The SMILES string of the molecule is O=C(O)CCOC1CCN(C(=O)CCn2cncn2)CC1. The molecule has 1 aromatic rings. The van der Waals surface area contributed by atoms with E-state index >= 15 is 0 Å². The molecule has 0 radical (unpaired) electrons. The second-order valence-electron chi connectivity index (χ2n) is 5.00. The van der Waals surface area contributed by atoms with Crippen molar-refractivity contribution in [2.45, 2.75) is 38.3 Å². The zero-order valence-electron chi connectivity index (χ0n) is 11.8. The Bertz CT molecular complexity index is 455. The number of amides is 1. The predicted molar refractivity (Wildman–Crippen MR) is 72.4 cm³/mol. The summed E-state index contributed by atoms with van der Waals surface area (Å²) in [5, 5.41) is 12.5. The number of hydrogen-bond donors (Lipinski definition) is 1. The van der Waals surface area contributed by atoms with E-state index < -0.39 is 5.97 Å². The fraction of sp³-hybridized carbons (Fsp3) is 0.692. The molecule has 1 aliphatic rings. The molecule has 2 heterocycles. The maximum absolute atomic E-state index is 12.0. The molecule has 1 aliphatic heterocycles. The zero-order chi connectivity index (χ0) is 15.1. The van der Waals surface area contributed by atoms with Gasteiger partial charge in [0.25, 0.3) is 0 Å². The number of likely N-dealkylation sites (tertiary alicyclic amines) is 1. The number of hydrogen-bond acceptors (Lipinski definition) is 5. The van der Waals surface area contributed by atoms with Crippen molar-refractivity contribution in [2.24, 2.45) is 0 Å². The summed E-state index contributed by atoms with van der Waals surface area (Å²) in [5.41, 5.74) is 0. The van der Waals surface area contributed by atoms with E-state index in [0.717, 1.165) is 12.8 Å². The molecule has 0 bridgehead atoms. The van der Waals surface area contributed by atoms with Gasteiger partial charge in [0.2, 0.25) is 5.91 Å². The van der Waals surface area contributed by atoms with Crippen LogP contribution in [0.2, 0.25) is 0 Å². The average Bonchev–Trinajstić information content (AvgIpc) is 2.98. The van der Waals surface area contributed by atoms with Crippen LogP contribution in [0.3, 0.4) is 0 Å².